The zero-order valence-electron chi connectivity index (χ0n) is 13.0. The average molecular weight is 325 g/mol. The lowest BCUT2D eigenvalue weighted by Crippen LogP contribution is -2.28. The Kier molecular flexibility index (Phi) is 4.46. The summed E-state index contributed by atoms with van der Waals surface area (Å²) in [6.45, 7) is -0.0699. The maximum atomic E-state index is 12.0. The summed E-state index contributed by atoms with van der Waals surface area (Å²) in [4.78, 5) is 37.8. The summed E-state index contributed by atoms with van der Waals surface area (Å²) in [7, 11) is 1.69. The van der Waals surface area contributed by atoms with Gasteiger partial charge in [0.25, 0.3) is 5.56 Å². The summed E-state index contributed by atoms with van der Waals surface area (Å²) >= 11 is 0. The molecule has 3 rings (SSSR count). The summed E-state index contributed by atoms with van der Waals surface area (Å²) in [6, 6.07) is 8.29. The van der Waals surface area contributed by atoms with Crippen LogP contribution in [0.1, 0.15) is 5.69 Å². The summed E-state index contributed by atoms with van der Waals surface area (Å²) in [5.74, 6) is -0.0310. The molecule has 0 atom stereocenters. The normalized spacial score (nSPS) is 10.5. The van der Waals surface area contributed by atoms with E-state index in [9.17, 15) is 9.59 Å². The van der Waals surface area contributed by atoms with E-state index >= 15 is 0 Å². The minimum atomic E-state index is -0.458. The minimum absolute atomic E-state index is 0.00340. The van der Waals surface area contributed by atoms with Crippen molar-refractivity contribution in [3.05, 3.63) is 65.0 Å². The highest BCUT2D eigenvalue weighted by atomic mass is 16.5. The fourth-order valence-electron chi connectivity index (χ4n) is 2.13. The number of rotatable bonds is 5. The molecule has 0 aromatic carbocycles. The smallest absolute Gasteiger partial charge is 0.326 e. The molecule has 0 aliphatic heterocycles. The largest absolute Gasteiger partial charge is 0.458 e. The fourth-order valence-corrected chi connectivity index (χ4v) is 2.13. The molecule has 0 aliphatic rings. The predicted molar refractivity (Wildman–Crippen MR) is 86.6 cm³/mol. The highest BCUT2D eigenvalue weighted by molar-refractivity contribution is 5.74. The van der Waals surface area contributed by atoms with Crippen molar-refractivity contribution < 1.29 is 9.53 Å². The molecule has 0 unspecified atom stereocenters. The van der Waals surface area contributed by atoms with E-state index in [4.69, 9.17) is 4.74 Å². The molecule has 0 saturated carbocycles. The molecule has 0 fully saturated rings. The Hall–Kier alpha value is -3.29. The Morgan fingerprint density at radius 1 is 1.25 bits per heavy atom. The van der Waals surface area contributed by atoms with Crippen LogP contribution in [-0.4, -0.2) is 38.9 Å². The molecule has 0 N–H and O–H groups in total. The second-order valence-corrected chi connectivity index (χ2v) is 5.08. The van der Waals surface area contributed by atoms with Gasteiger partial charge in [0.2, 0.25) is 5.95 Å². The Labute approximate surface area is 137 Å². The van der Waals surface area contributed by atoms with Gasteiger partial charge in [0.05, 0.1) is 5.69 Å². The van der Waals surface area contributed by atoms with Crippen molar-refractivity contribution in [2.75, 3.05) is 18.5 Å². The van der Waals surface area contributed by atoms with Crippen molar-refractivity contribution in [3.8, 4) is 0 Å². The molecule has 24 heavy (non-hydrogen) atoms. The second kappa shape index (κ2) is 6.86. The van der Waals surface area contributed by atoms with Gasteiger partial charge < -0.3 is 9.64 Å². The van der Waals surface area contributed by atoms with Gasteiger partial charge in [-0.05, 0) is 18.2 Å². The molecule has 0 amide bonds. The molecule has 8 heteroatoms. The number of likely N-dealkylation sites (N-methyl/N-ethyl adjacent to an activating group) is 1. The van der Waals surface area contributed by atoms with Crippen molar-refractivity contribution in [1.29, 1.82) is 0 Å². The van der Waals surface area contributed by atoms with E-state index in [-0.39, 0.29) is 18.7 Å². The number of ether oxygens (including phenoxy) is 1. The first-order chi connectivity index (χ1) is 11.6. The van der Waals surface area contributed by atoms with Gasteiger partial charge in [-0.25, -0.2) is 15.0 Å². The number of carbonyl (C=O) groups excluding carboxylic acids is 1. The Morgan fingerprint density at radius 2 is 2.04 bits per heavy atom. The van der Waals surface area contributed by atoms with Crippen LogP contribution in [0.25, 0.3) is 5.65 Å². The fraction of sp³-hybridized carbons (Fsp3) is 0.188. The molecule has 0 bridgehead atoms. The molecule has 0 saturated heterocycles. The third-order valence-electron chi connectivity index (χ3n) is 3.26. The van der Waals surface area contributed by atoms with Gasteiger partial charge in [0.1, 0.15) is 18.8 Å². The van der Waals surface area contributed by atoms with Gasteiger partial charge in [-0.1, -0.05) is 6.07 Å². The van der Waals surface area contributed by atoms with Crippen LogP contribution in [0.4, 0.5) is 5.95 Å². The number of hydrogen-bond acceptors (Lipinski definition) is 7. The topological polar surface area (TPSA) is 89.7 Å². The Bertz CT molecular complexity index is 910. The van der Waals surface area contributed by atoms with Crippen LogP contribution in [0.15, 0.2) is 53.7 Å². The number of fused-ring (bicyclic) bond motifs is 1. The SMILES string of the molecule is CN(CC(=O)OCc1cc(=O)n2ccccc2n1)c1ncccn1. The maximum Gasteiger partial charge on any atom is 0.326 e. The maximum absolute atomic E-state index is 12.0. The van der Waals surface area contributed by atoms with E-state index < -0.39 is 5.97 Å². The first-order valence-electron chi connectivity index (χ1n) is 7.24. The highest BCUT2D eigenvalue weighted by Crippen LogP contribution is 2.04. The molecule has 0 spiro atoms. The number of pyridine rings is 1. The molecule has 8 nitrogen and oxygen atoms in total. The molecule has 0 radical (unpaired) electrons. The van der Waals surface area contributed by atoms with Crippen LogP contribution in [0.2, 0.25) is 0 Å². The van der Waals surface area contributed by atoms with E-state index in [2.05, 4.69) is 15.0 Å². The van der Waals surface area contributed by atoms with E-state index in [1.54, 1.807) is 54.8 Å². The quantitative estimate of drug-likeness (QED) is 0.637. The highest BCUT2D eigenvalue weighted by Gasteiger charge is 2.11. The number of nitrogens with zero attached hydrogens (tertiary/aromatic N) is 5. The zero-order chi connectivity index (χ0) is 16.9. The molecule has 3 aromatic heterocycles. The summed E-state index contributed by atoms with van der Waals surface area (Å²) in [5, 5.41) is 0. The number of esters is 1. The molecular weight excluding hydrogens is 310 g/mol. The Morgan fingerprint density at radius 3 is 2.83 bits per heavy atom. The third kappa shape index (κ3) is 3.54. The van der Waals surface area contributed by atoms with Crippen molar-refractivity contribution >= 4 is 17.6 Å². The molecule has 0 aliphatic carbocycles. The van der Waals surface area contributed by atoms with E-state index in [0.717, 1.165) is 0 Å². The average Bonchev–Trinajstić information content (AvgIpc) is 2.61. The van der Waals surface area contributed by atoms with Gasteiger partial charge in [0, 0.05) is 31.7 Å². The van der Waals surface area contributed by atoms with Crippen molar-refractivity contribution in [2.45, 2.75) is 6.61 Å². The lowest BCUT2D eigenvalue weighted by atomic mass is 10.4. The van der Waals surface area contributed by atoms with E-state index in [0.29, 0.717) is 17.3 Å². The Balaban J connectivity index is 1.63. The number of carbonyl (C=O) groups is 1. The number of anilines is 1. The van der Waals surface area contributed by atoms with Gasteiger partial charge in [0.15, 0.2) is 0 Å². The van der Waals surface area contributed by atoms with Crippen molar-refractivity contribution in [3.63, 3.8) is 0 Å². The van der Waals surface area contributed by atoms with Crippen molar-refractivity contribution in [2.24, 2.45) is 0 Å². The summed E-state index contributed by atoms with van der Waals surface area (Å²) in [5.41, 5.74) is 0.686. The third-order valence-corrected chi connectivity index (χ3v) is 3.26. The molecule has 122 valence electrons. The predicted octanol–water partition coefficient (Wildman–Crippen LogP) is 0.664. The zero-order valence-corrected chi connectivity index (χ0v) is 13.0. The summed E-state index contributed by atoms with van der Waals surface area (Å²) < 4.78 is 6.60. The molecular formula is C16H15N5O3. The van der Waals surface area contributed by atoms with E-state index in [1.165, 1.54) is 10.5 Å². The summed E-state index contributed by atoms with van der Waals surface area (Å²) in [6.07, 6.45) is 4.82. The second-order valence-electron chi connectivity index (χ2n) is 5.08. The van der Waals surface area contributed by atoms with Crippen LogP contribution >= 0.6 is 0 Å². The standard InChI is InChI=1S/C16H15N5O3/c1-20(16-17-6-4-7-18-16)10-15(23)24-11-12-9-14(22)21-8-3-2-5-13(21)19-12/h2-9H,10-11H2,1H3. The van der Waals surface area contributed by atoms with Crippen LogP contribution in [0.3, 0.4) is 0 Å². The van der Waals surface area contributed by atoms with Crippen LogP contribution in [0.5, 0.6) is 0 Å². The lowest BCUT2D eigenvalue weighted by molar-refractivity contribution is -0.143. The van der Waals surface area contributed by atoms with Gasteiger partial charge in [-0.15, -0.1) is 0 Å². The van der Waals surface area contributed by atoms with Crippen molar-refractivity contribution in [1.82, 2.24) is 19.4 Å². The van der Waals surface area contributed by atoms with Crippen LogP contribution in [-0.2, 0) is 16.1 Å². The lowest BCUT2D eigenvalue weighted by Gasteiger charge is -2.15. The first kappa shape index (κ1) is 15.6. The molecule has 3 heterocycles. The first-order valence-corrected chi connectivity index (χ1v) is 7.24. The van der Waals surface area contributed by atoms with Gasteiger partial charge in [-0.2, -0.15) is 0 Å². The van der Waals surface area contributed by atoms with Crippen LogP contribution < -0.4 is 10.5 Å². The van der Waals surface area contributed by atoms with Gasteiger partial charge in [-0.3, -0.25) is 14.0 Å². The minimum Gasteiger partial charge on any atom is -0.458 e. The van der Waals surface area contributed by atoms with Gasteiger partial charge >= 0.3 is 5.97 Å². The number of hydrogen-bond donors (Lipinski definition) is 0. The van der Waals surface area contributed by atoms with E-state index in [1.807, 2.05) is 0 Å². The monoisotopic (exact) mass is 325 g/mol. The number of aromatic nitrogens is 4. The van der Waals surface area contributed by atoms with Crippen LogP contribution in [0, 0.1) is 0 Å². The molecule has 3 aromatic rings.